The number of allylic oxidation sites excluding steroid dienone is 2. The Hall–Kier alpha value is -3.08. The number of anilines is 1. The Labute approximate surface area is 157 Å². The van der Waals surface area contributed by atoms with Crippen molar-refractivity contribution in [2.45, 2.75) is 32.2 Å². The molecule has 2 aromatic carbocycles. The smallest absolute Gasteiger partial charge is 0.209 e. The molecule has 136 valence electrons. The van der Waals surface area contributed by atoms with E-state index < -0.39 is 0 Å². The van der Waals surface area contributed by atoms with Gasteiger partial charge in [0.1, 0.15) is 5.75 Å². The van der Waals surface area contributed by atoms with Crippen molar-refractivity contribution < 1.29 is 9.53 Å². The molecule has 3 aromatic rings. The van der Waals surface area contributed by atoms with Gasteiger partial charge in [0.2, 0.25) is 5.95 Å². The molecule has 0 saturated heterocycles. The van der Waals surface area contributed by atoms with Gasteiger partial charge in [-0.25, -0.2) is 4.98 Å². The number of para-hydroxylation sites is 3. The van der Waals surface area contributed by atoms with Crippen molar-refractivity contribution in [3.8, 4) is 5.75 Å². The highest BCUT2D eigenvalue weighted by atomic mass is 16.5. The van der Waals surface area contributed by atoms with Gasteiger partial charge >= 0.3 is 0 Å². The molecule has 1 atom stereocenters. The van der Waals surface area contributed by atoms with Gasteiger partial charge in [0.05, 0.1) is 23.7 Å². The number of ether oxygens (including phenoxy) is 1. The minimum atomic E-state index is -0.223. The van der Waals surface area contributed by atoms with Gasteiger partial charge in [-0.15, -0.1) is 0 Å². The summed E-state index contributed by atoms with van der Waals surface area (Å²) in [7, 11) is 0. The highest BCUT2D eigenvalue weighted by Gasteiger charge is 2.37. The lowest BCUT2D eigenvalue weighted by atomic mass is 9.85. The molecule has 1 aliphatic heterocycles. The van der Waals surface area contributed by atoms with Crippen LogP contribution in [-0.4, -0.2) is 21.9 Å². The van der Waals surface area contributed by atoms with E-state index in [0.29, 0.717) is 13.0 Å². The van der Waals surface area contributed by atoms with E-state index in [1.807, 2.05) is 43.3 Å². The molecule has 1 aliphatic carbocycles. The molecule has 27 heavy (non-hydrogen) atoms. The molecule has 0 saturated carbocycles. The number of hydrogen-bond acceptors (Lipinski definition) is 4. The van der Waals surface area contributed by atoms with E-state index >= 15 is 0 Å². The lowest BCUT2D eigenvalue weighted by Crippen LogP contribution is -2.31. The second kappa shape index (κ2) is 6.27. The molecule has 0 radical (unpaired) electrons. The van der Waals surface area contributed by atoms with E-state index in [-0.39, 0.29) is 11.8 Å². The summed E-state index contributed by atoms with van der Waals surface area (Å²) in [4.78, 5) is 17.8. The number of imidazole rings is 1. The third-order valence-corrected chi connectivity index (χ3v) is 5.36. The zero-order valence-corrected chi connectivity index (χ0v) is 15.2. The molecule has 5 heteroatoms. The van der Waals surface area contributed by atoms with Crippen molar-refractivity contribution in [1.82, 2.24) is 9.55 Å². The SMILES string of the molecule is CCOc1ccccc1[C@@H]1C2=C(CCCC2=O)Nc2nc3ccccc3n21. The molecule has 2 aliphatic rings. The van der Waals surface area contributed by atoms with Crippen LogP contribution in [0.3, 0.4) is 0 Å². The standard InChI is InChI=1S/C22H21N3O2/c1-2-27-19-13-6-3-8-14(19)21-20-16(10-7-12-18(20)26)24-22-23-15-9-4-5-11-17(15)25(21)22/h3-6,8-9,11,13,21H,2,7,10,12H2,1H3,(H,23,24)/t21-/m1/s1. The van der Waals surface area contributed by atoms with Crippen LogP contribution in [0.5, 0.6) is 5.75 Å². The Morgan fingerprint density at radius 1 is 1.15 bits per heavy atom. The first-order valence-corrected chi connectivity index (χ1v) is 9.50. The highest BCUT2D eigenvalue weighted by Crippen LogP contribution is 2.44. The molecule has 5 rings (SSSR count). The molecular formula is C22H21N3O2. The summed E-state index contributed by atoms with van der Waals surface area (Å²) in [5, 5.41) is 3.44. The van der Waals surface area contributed by atoms with Crippen molar-refractivity contribution in [1.29, 1.82) is 0 Å². The van der Waals surface area contributed by atoms with Crippen LogP contribution in [0, 0.1) is 0 Å². The summed E-state index contributed by atoms with van der Waals surface area (Å²) in [6.45, 7) is 2.56. The largest absolute Gasteiger partial charge is 0.494 e. The second-order valence-corrected chi connectivity index (χ2v) is 6.96. The Balaban J connectivity index is 1.81. The molecule has 0 bridgehead atoms. The average Bonchev–Trinajstić information content (AvgIpc) is 3.05. The van der Waals surface area contributed by atoms with Crippen LogP contribution in [-0.2, 0) is 4.79 Å². The van der Waals surface area contributed by atoms with Crippen molar-refractivity contribution in [2.24, 2.45) is 0 Å². The van der Waals surface area contributed by atoms with E-state index in [4.69, 9.17) is 9.72 Å². The molecule has 0 fully saturated rings. The Morgan fingerprint density at radius 3 is 2.85 bits per heavy atom. The predicted octanol–water partition coefficient (Wildman–Crippen LogP) is 4.46. The fourth-order valence-corrected chi connectivity index (χ4v) is 4.26. The number of ketones is 1. The molecule has 2 heterocycles. The van der Waals surface area contributed by atoms with E-state index in [1.165, 1.54) is 0 Å². The van der Waals surface area contributed by atoms with E-state index in [9.17, 15) is 4.79 Å². The maximum absolute atomic E-state index is 13.0. The first-order valence-electron chi connectivity index (χ1n) is 9.50. The van der Waals surface area contributed by atoms with Crippen molar-refractivity contribution in [3.05, 3.63) is 65.4 Å². The number of fused-ring (bicyclic) bond motifs is 3. The second-order valence-electron chi connectivity index (χ2n) is 6.96. The molecule has 0 spiro atoms. The van der Waals surface area contributed by atoms with Crippen LogP contribution < -0.4 is 10.1 Å². The number of nitrogens with zero attached hydrogens (tertiary/aromatic N) is 2. The summed E-state index contributed by atoms with van der Waals surface area (Å²) in [6.07, 6.45) is 2.35. The van der Waals surface area contributed by atoms with Crippen molar-refractivity contribution in [3.63, 3.8) is 0 Å². The van der Waals surface area contributed by atoms with E-state index in [2.05, 4.69) is 22.0 Å². The first kappa shape index (κ1) is 16.1. The Bertz CT molecular complexity index is 1080. The zero-order valence-electron chi connectivity index (χ0n) is 15.2. The summed E-state index contributed by atoms with van der Waals surface area (Å²) in [5.74, 6) is 1.82. The summed E-state index contributed by atoms with van der Waals surface area (Å²) < 4.78 is 8.07. The van der Waals surface area contributed by atoms with Gasteiger partial charge in [-0.05, 0) is 38.0 Å². The normalized spacial score (nSPS) is 18.9. The van der Waals surface area contributed by atoms with Crippen LogP contribution in [0.4, 0.5) is 5.95 Å². The zero-order chi connectivity index (χ0) is 18.4. The number of benzene rings is 2. The van der Waals surface area contributed by atoms with Gasteiger partial charge in [-0.2, -0.15) is 0 Å². The molecule has 0 amide bonds. The number of hydrogen-bond donors (Lipinski definition) is 1. The number of carbonyl (C=O) groups excluding carboxylic acids is 1. The summed E-state index contributed by atoms with van der Waals surface area (Å²) >= 11 is 0. The fourth-order valence-electron chi connectivity index (χ4n) is 4.26. The van der Waals surface area contributed by atoms with Crippen molar-refractivity contribution >= 4 is 22.8 Å². The van der Waals surface area contributed by atoms with E-state index in [1.54, 1.807) is 0 Å². The summed E-state index contributed by atoms with van der Waals surface area (Å²) in [5.41, 5.74) is 4.80. The number of nitrogens with one attached hydrogen (secondary N) is 1. The number of aromatic nitrogens is 2. The number of rotatable bonds is 3. The van der Waals surface area contributed by atoms with E-state index in [0.717, 1.165) is 52.4 Å². The quantitative estimate of drug-likeness (QED) is 0.750. The summed E-state index contributed by atoms with van der Waals surface area (Å²) in [6, 6.07) is 15.9. The van der Waals surface area contributed by atoms with Gasteiger partial charge < -0.3 is 10.1 Å². The molecular weight excluding hydrogens is 338 g/mol. The Morgan fingerprint density at radius 2 is 1.96 bits per heavy atom. The van der Waals surface area contributed by atoms with Crippen LogP contribution in [0.1, 0.15) is 37.8 Å². The monoisotopic (exact) mass is 359 g/mol. The minimum absolute atomic E-state index is 0.212. The number of carbonyl (C=O) groups is 1. The van der Waals surface area contributed by atoms with Gasteiger partial charge in [-0.3, -0.25) is 9.36 Å². The highest BCUT2D eigenvalue weighted by molar-refractivity contribution is 6.00. The third-order valence-electron chi connectivity index (χ3n) is 5.36. The topological polar surface area (TPSA) is 56.1 Å². The average molecular weight is 359 g/mol. The van der Waals surface area contributed by atoms with Gasteiger partial charge in [0.15, 0.2) is 5.78 Å². The van der Waals surface area contributed by atoms with Crippen LogP contribution in [0.15, 0.2) is 59.8 Å². The van der Waals surface area contributed by atoms with Crippen molar-refractivity contribution in [2.75, 3.05) is 11.9 Å². The molecule has 1 N–H and O–H groups in total. The predicted molar refractivity (Wildman–Crippen MR) is 105 cm³/mol. The maximum Gasteiger partial charge on any atom is 0.209 e. The molecule has 0 unspecified atom stereocenters. The Kier molecular flexibility index (Phi) is 3.74. The fraction of sp³-hybridized carbons (Fsp3) is 0.273. The van der Waals surface area contributed by atoms with Crippen LogP contribution >= 0.6 is 0 Å². The third kappa shape index (κ3) is 2.46. The van der Waals surface area contributed by atoms with Gasteiger partial charge in [0, 0.05) is 23.3 Å². The minimum Gasteiger partial charge on any atom is -0.494 e. The lowest BCUT2D eigenvalue weighted by Gasteiger charge is -2.34. The maximum atomic E-state index is 13.0. The molecule has 1 aromatic heterocycles. The molecule has 5 nitrogen and oxygen atoms in total. The van der Waals surface area contributed by atoms with Crippen LogP contribution in [0.2, 0.25) is 0 Å². The lowest BCUT2D eigenvalue weighted by molar-refractivity contribution is -0.116. The van der Waals surface area contributed by atoms with Gasteiger partial charge in [-0.1, -0.05) is 30.3 Å². The number of Topliss-reactive ketones (excluding diaryl/α,β-unsaturated/α-hetero) is 1. The first-order chi connectivity index (χ1) is 13.3. The van der Waals surface area contributed by atoms with Gasteiger partial charge in [0.25, 0.3) is 0 Å². The van der Waals surface area contributed by atoms with Crippen LogP contribution in [0.25, 0.3) is 11.0 Å².